The molecule has 0 radical (unpaired) electrons. The lowest BCUT2D eigenvalue weighted by Gasteiger charge is -2.01. The summed E-state index contributed by atoms with van der Waals surface area (Å²) in [5.74, 6) is 3.01. The molecule has 0 unspecified atom stereocenters. The van der Waals surface area contributed by atoms with Crippen LogP contribution in [0.25, 0.3) is 0 Å². The van der Waals surface area contributed by atoms with Crippen molar-refractivity contribution in [1.82, 2.24) is 4.98 Å². The van der Waals surface area contributed by atoms with Crippen LogP contribution in [0, 0.1) is 5.92 Å². The zero-order valence-corrected chi connectivity index (χ0v) is 9.00. The van der Waals surface area contributed by atoms with Gasteiger partial charge in [-0.15, -0.1) is 0 Å². The van der Waals surface area contributed by atoms with E-state index in [-0.39, 0.29) is 0 Å². The van der Waals surface area contributed by atoms with Gasteiger partial charge < -0.3 is 4.42 Å². The average Bonchev–Trinajstić information content (AvgIpc) is 2.48. The van der Waals surface area contributed by atoms with Crippen LogP contribution in [-0.2, 0) is 6.42 Å². The molecule has 0 atom stereocenters. The van der Waals surface area contributed by atoms with Crippen molar-refractivity contribution in [3.63, 3.8) is 0 Å². The number of aromatic nitrogens is 1. The van der Waals surface area contributed by atoms with Gasteiger partial charge in [-0.05, 0) is 12.3 Å². The summed E-state index contributed by atoms with van der Waals surface area (Å²) in [5, 5.41) is 0. The zero-order valence-electron chi connectivity index (χ0n) is 9.00. The van der Waals surface area contributed by atoms with Crippen LogP contribution in [0.3, 0.4) is 0 Å². The van der Waals surface area contributed by atoms with Gasteiger partial charge in [-0.3, -0.25) is 0 Å². The lowest BCUT2D eigenvalue weighted by Crippen LogP contribution is -1.90. The summed E-state index contributed by atoms with van der Waals surface area (Å²) < 4.78 is 5.58. The van der Waals surface area contributed by atoms with Gasteiger partial charge >= 0.3 is 0 Å². The third-order valence-corrected chi connectivity index (χ3v) is 2.03. The van der Waals surface area contributed by atoms with Gasteiger partial charge in [0, 0.05) is 12.3 Å². The molecule has 1 rings (SSSR count). The minimum absolute atomic E-state index is 0.396. The fraction of sp³-hybridized carbons (Fsp3) is 0.727. The first kappa shape index (κ1) is 10.3. The molecule has 2 heteroatoms. The van der Waals surface area contributed by atoms with Crippen LogP contribution < -0.4 is 0 Å². The van der Waals surface area contributed by atoms with E-state index < -0.39 is 0 Å². The van der Waals surface area contributed by atoms with Gasteiger partial charge in [0.15, 0.2) is 5.89 Å². The zero-order chi connectivity index (χ0) is 9.84. The number of nitrogens with zero attached hydrogens (tertiary/aromatic N) is 1. The van der Waals surface area contributed by atoms with E-state index >= 15 is 0 Å². The summed E-state index contributed by atoms with van der Waals surface area (Å²) in [6, 6.07) is 0. The van der Waals surface area contributed by atoms with Crippen LogP contribution in [0.2, 0.25) is 0 Å². The van der Waals surface area contributed by atoms with Crippen LogP contribution in [-0.4, -0.2) is 4.98 Å². The highest BCUT2D eigenvalue weighted by Gasteiger charge is 2.07. The molecule has 0 aliphatic heterocycles. The van der Waals surface area contributed by atoms with Crippen molar-refractivity contribution in [2.45, 2.75) is 46.5 Å². The normalized spacial score (nSPS) is 11.5. The Balaban J connectivity index is 2.49. The van der Waals surface area contributed by atoms with Crippen LogP contribution in [0.1, 0.15) is 51.7 Å². The predicted molar refractivity (Wildman–Crippen MR) is 53.8 cm³/mol. The third-order valence-electron chi connectivity index (χ3n) is 2.03. The number of hydrogen-bond donors (Lipinski definition) is 0. The number of hydrogen-bond acceptors (Lipinski definition) is 2. The molecular formula is C11H19NO. The SMILES string of the molecule is CC(C)CCc1cnc(C(C)C)o1. The smallest absolute Gasteiger partial charge is 0.196 e. The molecule has 0 bridgehead atoms. The van der Waals surface area contributed by atoms with Gasteiger partial charge in [0.05, 0.1) is 6.20 Å². The van der Waals surface area contributed by atoms with Gasteiger partial charge in [0.1, 0.15) is 5.76 Å². The molecule has 0 amide bonds. The summed E-state index contributed by atoms with van der Waals surface area (Å²) in [7, 11) is 0. The van der Waals surface area contributed by atoms with E-state index in [0.29, 0.717) is 5.92 Å². The molecule has 0 aromatic carbocycles. The van der Waals surface area contributed by atoms with E-state index in [0.717, 1.165) is 24.0 Å². The van der Waals surface area contributed by atoms with Crippen LogP contribution >= 0.6 is 0 Å². The largest absolute Gasteiger partial charge is 0.445 e. The maximum Gasteiger partial charge on any atom is 0.196 e. The molecule has 2 nitrogen and oxygen atoms in total. The van der Waals surface area contributed by atoms with Gasteiger partial charge in [0.2, 0.25) is 0 Å². The van der Waals surface area contributed by atoms with Crippen molar-refractivity contribution in [2.24, 2.45) is 5.92 Å². The second-order valence-corrected chi connectivity index (χ2v) is 4.25. The van der Waals surface area contributed by atoms with Crippen molar-refractivity contribution in [3.05, 3.63) is 17.8 Å². The Hall–Kier alpha value is -0.790. The van der Waals surface area contributed by atoms with Gasteiger partial charge in [-0.25, -0.2) is 4.98 Å². The number of rotatable bonds is 4. The van der Waals surface area contributed by atoms with Gasteiger partial charge in [-0.1, -0.05) is 27.7 Å². The highest BCUT2D eigenvalue weighted by atomic mass is 16.4. The minimum Gasteiger partial charge on any atom is -0.445 e. The lowest BCUT2D eigenvalue weighted by atomic mass is 10.1. The quantitative estimate of drug-likeness (QED) is 0.711. The fourth-order valence-electron chi connectivity index (χ4n) is 1.14. The van der Waals surface area contributed by atoms with E-state index in [2.05, 4.69) is 32.7 Å². The van der Waals surface area contributed by atoms with Crippen LogP contribution in [0.15, 0.2) is 10.6 Å². The second-order valence-electron chi connectivity index (χ2n) is 4.25. The van der Waals surface area contributed by atoms with Crippen LogP contribution in [0.4, 0.5) is 0 Å². The second kappa shape index (κ2) is 4.45. The third kappa shape index (κ3) is 3.21. The van der Waals surface area contributed by atoms with Gasteiger partial charge in [-0.2, -0.15) is 0 Å². The summed E-state index contributed by atoms with van der Waals surface area (Å²) in [6.07, 6.45) is 4.04. The molecule has 13 heavy (non-hydrogen) atoms. The Morgan fingerprint density at radius 1 is 1.31 bits per heavy atom. The molecule has 0 aliphatic rings. The van der Waals surface area contributed by atoms with Crippen LogP contribution in [0.5, 0.6) is 0 Å². The monoisotopic (exact) mass is 181 g/mol. The first-order valence-electron chi connectivity index (χ1n) is 5.04. The summed E-state index contributed by atoms with van der Waals surface area (Å²) in [6.45, 7) is 8.63. The molecule has 0 saturated carbocycles. The fourth-order valence-corrected chi connectivity index (χ4v) is 1.14. The van der Waals surface area contributed by atoms with Crippen molar-refractivity contribution < 1.29 is 4.42 Å². The Morgan fingerprint density at radius 2 is 2.00 bits per heavy atom. The van der Waals surface area contributed by atoms with E-state index in [4.69, 9.17) is 4.42 Å². The Labute approximate surface area is 80.4 Å². The van der Waals surface area contributed by atoms with E-state index in [1.54, 1.807) is 0 Å². The molecule has 0 fully saturated rings. The Kier molecular flexibility index (Phi) is 3.52. The Bertz CT molecular complexity index is 250. The minimum atomic E-state index is 0.396. The van der Waals surface area contributed by atoms with E-state index in [1.165, 1.54) is 6.42 Å². The maximum absolute atomic E-state index is 5.58. The van der Waals surface area contributed by atoms with Crippen molar-refractivity contribution in [2.75, 3.05) is 0 Å². The van der Waals surface area contributed by atoms with E-state index in [9.17, 15) is 0 Å². The molecule has 1 aromatic heterocycles. The molecular weight excluding hydrogens is 162 g/mol. The van der Waals surface area contributed by atoms with Gasteiger partial charge in [0.25, 0.3) is 0 Å². The first-order chi connectivity index (χ1) is 6.09. The predicted octanol–water partition coefficient (Wildman–Crippen LogP) is 3.39. The van der Waals surface area contributed by atoms with Crippen molar-refractivity contribution >= 4 is 0 Å². The Morgan fingerprint density at radius 3 is 2.46 bits per heavy atom. The molecule has 0 spiro atoms. The standard InChI is InChI=1S/C11H19NO/c1-8(2)5-6-10-7-12-11(13-10)9(3)4/h7-9H,5-6H2,1-4H3. The molecule has 0 aliphatic carbocycles. The first-order valence-corrected chi connectivity index (χ1v) is 5.04. The molecule has 1 aromatic rings. The molecule has 0 N–H and O–H groups in total. The average molecular weight is 181 g/mol. The van der Waals surface area contributed by atoms with Crippen molar-refractivity contribution in [3.8, 4) is 0 Å². The number of oxazole rings is 1. The summed E-state index contributed by atoms with van der Waals surface area (Å²) in [4.78, 5) is 4.23. The molecule has 74 valence electrons. The molecule has 0 saturated heterocycles. The maximum atomic E-state index is 5.58. The lowest BCUT2D eigenvalue weighted by molar-refractivity contribution is 0.421. The summed E-state index contributed by atoms with van der Waals surface area (Å²) in [5.41, 5.74) is 0. The topological polar surface area (TPSA) is 26.0 Å². The van der Waals surface area contributed by atoms with Crippen molar-refractivity contribution in [1.29, 1.82) is 0 Å². The van der Waals surface area contributed by atoms with E-state index in [1.807, 2.05) is 6.20 Å². The highest BCUT2D eigenvalue weighted by molar-refractivity contribution is 4.97. The number of aryl methyl sites for hydroxylation is 1. The summed E-state index contributed by atoms with van der Waals surface area (Å²) >= 11 is 0. The highest BCUT2D eigenvalue weighted by Crippen LogP contribution is 2.16. The molecule has 1 heterocycles.